The molecule has 13 heavy (non-hydrogen) atoms. The van der Waals surface area contributed by atoms with Gasteiger partial charge in [0.1, 0.15) is 11.5 Å². The zero-order valence-electron chi connectivity index (χ0n) is 8.29. The Hall–Kier alpha value is 0.0500. The first kappa shape index (κ1) is 13.1. The lowest BCUT2D eigenvalue weighted by atomic mass is 10.2. The molecule has 0 aliphatic rings. The van der Waals surface area contributed by atoms with E-state index in [2.05, 4.69) is 43.5 Å². The maximum atomic E-state index is 2.35. The molecule has 1 atom stereocenters. The normalized spacial score (nSPS) is 11.8. The van der Waals surface area contributed by atoms with Gasteiger partial charge < -0.3 is 17.0 Å². The highest BCUT2D eigenvalue weighted by molar-refractivity contribution is 7.96. The number of hydrogen-bond acceptors (Lipinski definition) is 0. The van der Waals surface area contributed by atoms with E-state index in [1.54, 1.807) is 0 Å². The summed E-state index contributed by atoms with van der Waals surface area (Å²) in [5, 5.41) is 0. The number of benzene rings is 1. The second kappa shape index (κ2) is 7.45. The summed E-state index contributed by atoms with van der Waals surface area (Å²) in [5.41, 5.74) is 1.48. The summed E-state index contributed by atoms with van der Waals surface area (Å²) in [6.45, 7) is 2.27. The maximum Gasteiger partial charge on any atom is 0.111 e. The van der Waals surface area contributed by atoms with Crippen molar-refractivity contribution in [3.05, 3.63) is 35.9 Å². The Balaban J connectivity index is 0.00000144. The molecular formula is C11H17BrS. The highest BCUT2D eigenvalue weighted by Gasteiger charge is 2.06. The van der Waals surface area contributed by atoms with E-state index in [1.807, 2.05) is 0 Å². The highest BCUT2D eigenvalue weighted by Crippen LogP contribution is 2.02. The molecule has 0 spiro atoms. The van der Waals surface area contributed by atoms with Crippen molar-refractivity contribution in [2.45, 2.75) is 13.3 Å². The van der Waals surface area contributed by atoms with Crippen LogP contribution in [-0.2, 0) is 17.3 Å². The second-order valence-corrected chi connectivity index (χ2v) is 5.56. The van der Waals surface area contributed by atoms with Crippen LogP contribution in [0.1, 0.15) is 12.5 Å². The summed E-state index contributed by atoms with van der Waals surface area (Å²) in [6, 6.07) is 10.7. The van der Waals surface area contributed by atoms with E-state index < -0.39 is 0 Å². The van der Waals surface area contributed by atoms with Crippen molar-refractivity contribution < 1.29 is 17.0 Å². The lowest BCUT2D eigenvalue weighted by molar-refractivity contribution is -0.00000258. The third kappa shape index (κ3) is 5.37. The van der Waals surface area contributed by atoms with E-state index in [0.29, 0.717) is 10.9 Å². The minimum Gasteiger partial charge on any atom is -1.00 e. The zero-order valence-corrected chi connectivity index (χ0v) is 10.7. The van der Waals surface area contributed by atoms with Crippen molar-refractivity contribution in [3.63, 3.8) is 0 Å². The van der Waals surface area contributed by atoms with E-state index in [-0.39, 0.29) is 17.0 Å². The van der Waals surface area contributed by atoms with Crippen molar-refractivity contribution in [1.82, 2.24) is 0 Å². The van der Waals surface area contributed by atoms with Crippen LogP contribution in [0.4, 0.5) is 0 Å². The molecule has 74 valence electrons. The van der Waals surface area contributed by atoms with Gasteiger partial charge in [0.2, 0.25) is 0 Å². The van der Waals surface area contributed by atoms with E-state index in [4.69, 9.17) is 0 Å². The Kier molecular flexibility index (Phi) is 7.48. The standard InChI is InChI=1S/C11H17S.BrH/c1-3-12(2)10-9-11-7-5-4-6-8-11;/h4-8H,3,9-10H2,1-2H3;1H/q+1;/p-1. The maximum absolute atomic E-state index is 2.35. The van der Waals surface area contributed by atoms with E-state index >= 15 is 0 Å². The second-order valence-electron chi connectivity index (χ2n) is 3.01. The average molecular weight is 261 g/mol. The number of rotatable bonds is 4. The van der Waals surface area contributed by atoms with Crippen LogP contribution in [0, 0.1) is 0 Å². The smallest absolute Gasteiger partial charge is 0.111 e. The van der Waals surface area contributed by atoms with Gasteiger partial charge in [-0.2, -0.15) is 0 Å². The Morgan fingerprint density at radius 3 is 2.31 bits per heavy atom. The molecule has 0 radical (unpaired) electrons. The zero-order chi connectivity index (χ0) is 8.81. The number of halogens is 1. The molecule has 0 fully saturated rings. The minimum absolute atomic E-state index is 0. The summed E-state index contributed by atoms with van der Waals surface area (Å²) in [6.07, 6.45) is 3.59. The number of hydrogen-bond donors (Lipinski definition) is 0. The lowest BCUT2D eigenvalue weighted by Gasteiger charge is -2.00. The molecule has 0 aliphatic heterocycles. The van der Waals surface area contributed by atoms with Gasteiger partial charge in [-0.05, 0) is 23.4 Å². The van der Waals surface area contributed by atoms with Crippen LogP contribution in [0.25, 0.3) is 0 Å². The minimum atomic E-state index is 0. The fraction of sp³-hybridized carbons (Fsp3) is 0.455. The summed E-state index contributed by atoms with van der Waals surface area (Å²) in [4.78, 5) is 0. The van der Waals surface area contributed by atoms with Gasteiger partial charge in [-0.1, -0.05) is 30.3 Å². The van der Waals surface area contributed by atoms with Crippen LogP contribution < -0.4 is 17.0 Å². The molecule has 0 aromatic heterocycles. The molecule has 0 nitrogen and oxygen atoms in total. The van der Waals surface area contributed by atoms with Crippen molar-refractivity contribution in [2.75, 3.05) is 17.8 Å². The van der Waals surface area contributed by atoms with Crippen molar-refractivity contribution >= 4 is 10.9 Å². The average Bonchev–Trinajstić information content (AvgIpc) is 2.16. The van der Waals surface area contributed by atoms with Gasteiger partial charge in [0.15, 0.2) is 0 Å². The lowest BCUT2D eigenvalue weighted by Crippen LogP contribution is -3.00. The summed E-state index contributed by atoms with van der Waals surface area (Å²) >= 11 is 0. The summed E-state index contributed by atoms with van der Waals surface area (Å²) in [5.74, 6) is 2.67. The Morgan fingerprint density at radius 1 is 1.15 bits per heavy atom. The molecule has 0 saturated heterocycles. The molecule has 1 aromatic rings. The topological polar surface area (TPSA) is 0 Å². The molecule has 0 N–H and O–H groups in total. The third-order valence-electron chi connectivity index (χ3n) is 2.07. The van der Waals surface area contributed by atoms with Gasteiger partial charge in [-0.3, -0.25) is 0 Å². The quantitative estimate of drug-likeness (QED) is 0.641. The van der Waals surface area contributed by atoms with Gasteiger partial charge in [-0.25, -0.2) is 0 Å². The molecule has 1 unspecified atom stereocenters. The Morgan fingerprint density at radius 2 is 1.77 bits per heavy atom. The summed E-state index contributed by atoms with van der Waals surface area (Å²) in [7, 11) is 0.623. The first-order valence-electron chi connectivity index (χ1n) is 4.46. The van der Waals surface area contributed by atoms with Crippen LogP contribution in [0.3, 0.4) is 0 Å². The fourth-order valence-electron chi connectivity index (χ4n) is 1.08. The van der Waals surface area contributed by atoms with E-state index in [1.165, 1.54) is 23.5 Å². The van der Waals surface area contributed by atoms with E-state index in [9.17, 15) is 0 Å². The molecule has 0 aliphatic carbocycles. The van der Waals surface area contributed by atoms with Crippen LogP contribution in [0.2, 0.25) is 0 Å². The van der Waals surface area contributed by atoms with Crippen molar-refractivity contribution in [3.8, 4) is 0 Å². The molecule has 0 bridgehead atoms. The van der Waals surface area contributed by atoms with Gasteiger partial charge in [0, 0.05) is 6.42 Å². The van der Waals surface area contributed by atoms with Crippen LogP contribution in [0.5, 0.6) is 0 Å². The van der Waals surface area contributed by atoms with Gasteiger partial charge in [0.05, 0.1) is 6.26 Å². The molecule has 0 saturated carbocycles. The van der Waals surface area contributed by atoms with Crippen LogP contribution in [0.15, 0.2) is 30.3 Å². The molecule has 1 rings (SSSR count). The molecule has 0 heterocycles. The van der Waals surface area contributed by atoms with Crippen molar-refractivity contribution in [1.29, 1.82) is 0 Å². The predicted molar refractivity (Wildman–Crippen MR) is 58.8 cm³/mol. The number of aryl methyl sites for hydroxylation is 1. The van der Waals surface area contributed by atoms with Crippen LogP contribution >= 0.6 is 0 Å². The molecule has 1 aromatic carbocycles. The first-order chi connectivity index (χ1) is 5.83. The van der Waals surface area contributed by atoms with Gasteiger partial charge >= 0.3 is 0 Å². The molecule has 2 heteroatoms. The molecule has 0 amide bonds. The summed E-state index contributed by atoms with van der Waals surface area (Å²) < 4.78 is 0. The van der Waals surface area contributed by atoms with Gasteiger partial charge in [-0.15, -0.1) is 0 Å². The Bertz CT molecular complexity index is 211. The fourth-order valence-corrected chi connectivity index (χ4v) is 1.95. The third-order valence-corrected chi connectivity index (χ3v) is 3.96. The molecular weight excluding hydrogens is 244 g/mol. The highest BCUT2D eigenvalue weighted by atomic mass is 79.9. The SMILES string of the molecule is CC[S+](C)CCc1ccccc1.[Br-]. The van der Waals surface area contributed by atoms with E-state index in [0.717, 1.165) is 0 Å². The predicted octanol–water partition coefficient (Wildman–Crippen LogP) is -0.499. The first-order valence-corrected chi connectivity index (χ1v) is 6.43. The largest absolute Gasteiger partial charge is 1.00 e. The van der Waals surface area contributed by atoms with Crippen molar-refractivity contribution in [2.24, 2.45) is 0 Å². The van der Waals surface area contributed by atoms with Crippen LogP contribution in [-0.4, -0.2) is 17.8 Å². The van der Waals surface area contributed by atoms with Gasteiger partial charge in [0.25, 0.3) is 0 Å². The Labute approximate surface area is 94.9 Å². The monoisotopic (exact) mass is 260 g/mol.